The van der Waals surface area contributed by atoms with Gasteiger partial charge in [0.2, 0.25) is 0 Å². The molecule has 0 N–H and O–H groups in total. The zero-order chi connectivity index (χ0) is 17.8. The molecular weight excluding hydrogens is 354 g/mol. The van der Waals surface area contributed by atoms with Gasteiger partial charge in [-0.05, 0) is 43.5 Å². The van der Waals surface area contributed by atoms with Gasteiger partial charge in [-0.2, -0.15) is 0 Å². The van der Waals surface area contributed by atoms with Crippen LogP contribution >= 0.6 is 24.0 Å². The quantitative estimate of drug-likeness (QED) is 0.553. The first-order valence-corrected chi connectivity index (χ1v) is 9.94. The van der Waals surface area contributed by atoms with Crippen LogP contribution in [0, 0.1) is 0 Å². The van der Waals surface area contributed by atoms with Gasteiger partial charge in [0, 0.05) is 6.04 Å². The third-order valence-corrected chi connectivity index (χ3v) is 5.88. The standard InChI is InChI=1S/C19H23NO3S2/c1-3-23-15-10-9-13(11-16(15)22-2)12-17-18(21)20(19(24)25-17)14-7-5-4-6-8-14/h9-12,14H,3-8H2,1-2H3/b17-12-. The van der Waals surface area contributed by atoms with Crippen LogP contribution in [0.25, 0.3) is 6.08 Å². The predicted molar refractivity (Wildman–Crippen MR) is 106 cm³/mol. The third-order valence-electron chi connectivity index (χ3n) is 4.55. The molecule has 0 bridgehead atoms. The lowest BCUT2D eigenvalue weighted by molar-refractivity contribution is -0.124. The van der Waals surface area contributed by atoms with Crippen LogP contribution < -0.4 is 9.47 Å². The molecule has 4 nitrogen and oxygen atoms in total. The summed E-state index contributed by atoms with van der Waals surface area (Å²) in [5.41, 5.74) is 0.907. The fourth-order valence-corrected chi connectivity index (χ4v) is 4.73. The molecule has 134 valence electrons. The highest BCUT2D eigenvalue weighted by Gasteiger charge is 2.37. The SMILES string of the molecule is CCOc1ccc(/C=C2\SC(=S)N(C3CCCCC3)C2=O)cc1OC. The van der Waals surface area contributed by atoms with E-state index in [9.17, 15) is 4.79 Å². The zero-order valence-electron chi connectivity index (χ0n) is 14.6. The van der Waals surface area contributed by atoms with Gasteiger partial charge < -0.3 is 9.47 Å². The number of rotatable bonds is 5. The molecule has 1 aliphatic carbocycles. The summed E-state index contributed by atoms with van der Waals surface area (Å²) in [5.74, 6) is 1.41. The first kappa shape index (κ1) is 18.3. The predicted octanol–water partition coefficient (Wildman–Crippen LogP) is 4.63. The van der Waals surface area contributed by atoms with Crippen molar-refractivity contribution in [3.05, 3.63) is 28.7 Å². The maximum Gasteiger partial charge on any atom is 0.266 e. The maximum atomic E-state index is 12.8. The Kier molecular flexibility index (Phi) is 6.02. The molecule has 0 atom stereocenters. The van der Waals surface area contributed by atoms with Crippen LogP contribution in [0.5, 0.6) is 11.5 Å². The monoisotopic (exact) mass is 377 g/mol. The van der Waals surface area contributed by atoms with E-state index in [0.29, 0.717) is 27.3 Å². The second kappa shape index (κ2) is 8.23. The second-order valence-corrected chi connectivity index (χ2v) is 7.86. The van der Waals surface area contributed by atoms with E-state index in [4.69, 9.17) is 21.7 Å². The van der Waals surface area contributed by atoms with Crippen LogP contribution in [0.15, 0.2) is 23.1 Å². The average molecular weight is 378 g/mol. The second-order valence-electron chi connectivity index (χ2n) is 6.19. The van der Waals surface area contributed by atoms with Gasteiger partial charge in [-0.15, -0.1) is 0 Å². The molecule has 1 aromatic rings. The number of methoxy groups -OCH3 is 1. The van der Waals surface area contributed by atoms with Crippen LogP contribution in [0.3, 0.4) is 0 Å². The van der Waals surface area contributed by atoms with Crippen LogP contribution in [0.4, 0.5) is 0 Å². The van der Waals surface area contributed by atoms with Crippen molar-refractivity contribution in [3.8, 4) is 11.5 Å². The first-order chi connectivity index (χ1) is 12.1. The molecule has 1 saturated carbocycles. The van der Waals surface area contributed by atoms with E-state index in [1.54, 1.807) is 7.11 Å². The Morgan fingerprint density at radius 1 is 1.28 bits per heavy atom. The number of carbonyl (C=O) groups is 1. The number of benzene rings is 1. The minimum atomic E-state index is 0.0368. The molecule has 6 heteroatoms. The molecule has 2 aliphatic rings. The summed E-state index contributed by atoms with van der Waals surface area (Å²) in [4.78, 5) is 15.3. The summed E-state index contributed by atoms with van der Waals surface area (Å²) in [7, 11) is 1.62. The van der Waals surface area contributed by atoms with Gasteiger partial charge in [-0.1, -0.05) is 49.3 Å². The molecule has 0 aromatic heterocycles. The molecule has 2 fully saturated rings. The van der Waals surface area contributed by atoms with Crippen molar-refractivity contribution in [1.29, 1.82) is 0 Å². The molecule has 1 aromatic carbocycles. The lowest BCUT2D eigenvalue weighted by atomic mass is 9.94. The topological polar surface area (TPSA) is 38.8 Å². The molecule has 0 unspecified atom stereocenters. The van der Waals surface area contributed by atoms with Crippen molar-refractivity contribution >= 4 is 40.3 Å². The molecule has 1 heterocycles. The number of nitrogens with zero attached hydrogens (tertiary/aromatic N) is 1. The summed E-state index contributed by atoms with van der Waals surface area (Å²) < 4.78 is 11.6. The van der Waals surface area contributed by atoms with Crippen molar-refractivity contribution in [1.82, 2.24) is 4.90 Å². The third kappa shape index (κ3) is 4.01. The van der Waals surface area contributed by atoms with Crippen LogP contribution in [-0.4, -0.2) is 34.9 Å². The van der Waals surface area contributed by atoms with Crippen molar-refractivity contribution in [2.24, 2.45) is 0 Å². The lowest BCUT2D eigenvalue weighted by Crippen LogP contribution is -2.39. The fraction of sp³-hybridized carbons (Fsp3) is 0.474. The van der Waals surface area contributed by atoms with E-state index >= 15 is 0 Å². The molecular formula is C19H23NO3S2. The van der Waals surface area contributed by atoms with E-state index in [1.165, 1.54) is 31.0 Å². The van der Waals surface area contributed by atoms with E-state index in [2.05, 4.69) is 0 Å². The van der Waals surface area contributed by atoms with Gasteiger partial charge in [0.05, 0.1) is 18.6 Å². The highest BCUT2D eigenvalue weighted by molar-refractivity contribution is 8.26. The molecule has 1 saturated heterocycles. The average Bonchev–Trinajstić information content (AvgIpc) is 2.90. The zero-order valence-corrected chi connectivity index (χ0v) is 16.3. The van der Waals surface area contributed by atoms with Crippen LogP contribution in [0.2, 0.25) is 0 Å². The molecule has 1 aliphatic heterocycles. The van der Waals surface area contributed by atoms with Crippen LogP contribution in [0.1, 0.15) is 44.6 Å². The van der Waals surface area contributed by atoms with Gasteiger partial charge in [0.1, 0.15) is 4.32 Å². The number of hydrogen-bond donors (Lipinski definition) is 0. The van der Waals surface area contributed by atoms with E-state index in [-0.39, 0.29) is 11.9 Å². The summed E-state index contributed by atoms with van der Waals surface area (Å²) in [6.45, 7) is 2.51. The smallest absolute Gasteiger partial charge is 0.266 e. The molecule has 0 radical (unpaired) electrons. The van der Waals surface area contributed by atoms with Crippen molar-refractivity contribution in [3.63, 3.8) is 0 Å². The molecule has 3 rings (SSSR count). The van der Waals surface area contributed by atoms with Gasteiger partial charge in [-0.3, -0.25) is 9.69 Å². The van der Waals surface area contributed by atoms with Gasteiger partial charge in [-0.25, -0.2) is 0 Å². The maximum absolute atomic E-state index is 12.8. The molecule has 1 amide bonds. The Morgan fingerprint density at radius 3 is 2.72 bits per heavy atom. The van der Waals surface area contributed by atoms with Crippen molar-refractivity contribution in [2.75, 3.05) is 13.7 Å². The summed E-state index contributed by atoms with van der Waals surface area (Å²) >= 11 is 6.87. The highest BCUT2D eigenvalue weighted by Crippen LogP contribution is 2.38. The minimum absolute atomic E-state index is 0.0368. The Hall–Kier alpha value is -1.53. The minimum Gasteiger partial charge on any atom is -0.493 e. The Labute approximate surface area is 158 Å². The largest absolute Gasteiger partial charge is 0.493 e. The van der Waals surface area contributed by atoms with Gasteiger partial charge >= 0.3 is 0 Å². The fourth-order valence-electron chi connectivity index (χ4n) is 3.33. The summed E-state index contributed by atoms with van der Waals surface area (Å²) in [6.07, 6.45) is 7.61. The lowest BCUT2D eigenvalue weighted by Gasteiger charge is -2.29. The number of carbonyl (C=O) groups excluding carboxylic acids is 1. The summed E-state index contributed by atoms with van der Waals surface area (Å²) in [5, 5.41) is 0. The Bertz CT molecular complexity index is 696. The number of ether oxygens (including phenoxy) is 2. The highest BCUT2D eigenvalue weighted by atomic mass is 32.2. The summed E-state index contributed by atoms with van der Waals surface area (Å²) in [6, 6.07) is 5.96. The number of amides is 1. The van der Waals surface area contributed by atoms with Crippen LogP contribution in [-0.2, 0) is 4.79 Å². The van der Waals surface area contributed by atoms with E-state index < -0.39 is 0 Å². The normalized spacial score (nSPS) is 20.4. The molecule has 25 heavy (non-hydrogen) atoms. The van der Waals surface area contributed by atoms with E-state index in [0.717, 1.165) is 18.4 Å². The Balaban J connectivity index is 1.81. The number of thioether (sulfide) groups is 1. The van der Waals surface area contributed by atoms with Gasteiger partial charge in [0.15, 0.2) is 11.5 Å². The first-order valence-electron chi connectivity index (χ1n) is 8.72. The van der Waals surface area contributed by atoms with Crippen molar-refractivity contribution < 1.29 is 14.3 Å². The Morgan fingerprint density at radius 2 is 2.04 bits per heavy atom. The number of thiocarbonyl (C=S) groups is 1. The van der Waals surface area contributed by atoms with Gasteiger partial charge in [0.25, 0.3) is 5.91 Å². The van der Waals surface area contributed by atoms with E-state index in [1.807, 2.05) is 36.1 Å². The van der Waals surface area contributed by atoms with Crippen molar-refractivity contribution in [2.45, 2.75) is 45.1 Å². The number of hydrogen-bond acceptors (Lipinski definition) is 5. The molecule has 0 spiro atoms.